The summed E-state index contributed by atoms with van der Waals surface area (Å²) >= 11 is 0. The molecule has 3 rings (SSSR count). The molecule has 4 heteroatoms. The van der Waals surface area contributed by atoms with E-state index >= 15 is 0 Å². The summed E-state index contributed by atoms with van der Waals surface area (Å²) in [6.07, 6.45) is 3.43. The third-order valence-electron chi connectivity index (χ3n) is 3.56. The molecule has 0 spiro atoms. The fourth-order valence-corrected chi connectivity index (χ4v) is 2.60. The van der Waals surface area contributed by atoms with Crippen molar-refractivity contribution in [1.82, 2.24) is 9.55 Å². The van der Waals surface area contributed by atoms with Crippen molar-refractivity contribution < 1.29 is 4.74 Å². The molecule has 0 aliphatic carbocycles. The number of hydrogen-bond acceptors (Lipinski definition) is 3. The summed E-state index contributed by atoms with van der Waals surface area (Å²) in [6, 6.07) is 7.98. The molecule has 0 amide bonds. The van der Waals surface area contributed by atoms with Gasteiger partial charge >= 0.3 is 0 Å². The number of nitrogens with two attached hydrogens (primary N) is 1. The molecule has 2 heterocycles. The lowest BCUT2D eigenvalue weighted by Gasteiger charge is -2.14. The van der Waals surface area contributed by atoms with Crippen LogP contribution >= 0.6 is 0 Å². The number of fused-ring (bicyclic) bond motifs is 1. The molecule has 0 atom stereocenters. The van der Waals surface area contributed by atoms with Crippen molar-refractivity contribution in [2.45, 2.75) is 32.7 Å². The molecule has 100 valence electrons. The van der Waals surface area contributed by atoms with Gasteiger partial charge in [-0.25, -0.2) is 4.98 Å². The molecular formula is C15H19N3O. The van der Waals surface area contributed by atoms with Crippen LogP contribution in [0.5, 0.6) is 5.75 Å². The quantitative estimate of drug-likeness (QED) is 0.919. The maximum Gasteiger partial charge on any atom is 0.131 e. The second kappa shape index (κ2) is 4.96. The summed E-state index contributed by atoms with van der Waals surface area (Å²) in [4.78, 5) is 4.69. The van der Waals surface area contributed by atoms with E-state index in [1.54, 1.807) is 0 Å². The van der Waals surface area contributed by atoms with Crippen LogP contribution in [-0.4, -0.2) is 16.2 Å². The van der Waals surface area contributed by atoms with Crippen molar-refractivity contribution in [2.75, 3.05) is 12.3 Å². The maximum absolute atomic E-state index is 6.22. The summed E-state index contributed by atoms with van der Waals surface area (Å²) in [7, 11) is 0. The fourth-order valence-electron chi connectivity index (χ4n) is 2.60. The number of anilines is 1. The van der Waals surface area contributed by atoms with E-state index in [1.807, 2.05) is 31.2 Å². The molecule has 1 aliphatic heterocycles. The van der Waals surface area contributed by atoms with E-state index in [1.165, 1.54) is 12.8 Å². The normalized spacial score (nSPS) is 14.2. The first-order valence-electron chi connectivity index (χ1n) is 6.87. The van der Waals surface area contributed by atoms with Gasteiger partial charge in [0.1, 0.15) is 23.1 Å². The van der Waals surface area contributed by atoms with Crippen molar-refractivity contribution >= 4 is 5.82 Å². The second-order valence-electron chi connectivity index (χ2n) is 4.83. The van der Waals surface area contributed by atoms with Crippen molar-refractivity contribution in [3.63, 3.8) is 0 Å². The van der Waals surface area contributed by atoms with Crippen LogP contribution in [0.2, 0.25) is 0 Å². The second-order valence-corrected chi connectivity index (χ2v) is 4.83. The van der Waals surface area contributed by atoms with Gasteiger partial charge in [0.05, 0.1) is 6.61 Å². The molecule has 19 heavy (non-hydrogen) atoms. The molecule has 0 saturated heterocycles. The molecule has 1 aromatic carbocycles. The van der Waals surface area contributed by atoms with Crippen LogP contribution in [0.25, 0.3) is 11.3 Å². The minimum absolute atomic E-state index is 0.681. The third-order valence-corrected chi connectivity index (χ3v) is 3.56. The predicted octanol–water partition coefficient (Wildman–Crippen LogP) is 2.87. The van der Waals surface area contributed by atoms with E-state index in [2.05, 4.69) is 4.57 Å². The van der Waals surface area contributed by atoms with Gasteiger partial charge in [0.25, 0.3) is 0 Å². The first kappa shape index (κ1) is 12.1. The molecule has 1 aromatic heterocycles. The third kappa shape index (κ3) is 2.18. The molecule has 0 unspecified atom stereocenters. The topological polar surface area (TPSA) is 53.1 Å². The van der Waals surface area contributed by atoms with Crippen LogP contribution in [0.4, 0.5) is 5.82 Å². The Labute approximate surface area is 113 Å². The highest BCUT2D eigenvalue weighted by atomic mass is 16.5. The predicted molar refractivity (Wildman–Crippen MR) is 76.2 cm³/mol. The lowest BCUT2D eigenvalue weighted by Crippen LogP contribution is -2.12. The Kier molecular flexibility index (Phi) is 3.15. The van der Waals surface area contributed by atoms with E-state index in [0.29, 0.717) is 6.61 Å². The van der Waals surface area contributed by atoms with E-state index in [-0.39, 0.29) is 0 Å². The number of ether oxygens (including phenoxy) is 1. The molecule has 4 nitrogen and oxygen atoms in total. The van der Waals surface area contributed by atoms with Crippen LogP contribution in [0.15, 0.2) is 24.3 Å². The summed E-state index contributed by atoms with van der Waals surface area (Å²) in [6.45, 7) is 3.65. The Hall–Kier alpha value is -1.97. The SMILES string of the molecule is CCOc1ccc(-c2nc3n(c2N)CCCC3)cc1. The highest BCUT2D eigenvalue weighted by molar-refractivity contribution is 5.71. The Morgan fingerprint density at radius 2 is 2.05 bits per heavy atom. The van der Waals surface area contributed by atoms with Crippen molar-refractivity contribution in [2.24, 2.45) is 0 Å². The monoisotopic (exact) mass is 257 g/mol. The summed E-state index contributed by atoms with van der Waals surface area (Å²) in [5, 5.41) is 0. The molecule has 0 saturated carbocycles. The van der Waals surface area contributed by atoms with Gasteiger partial charge in [-0.2, -0.15) is 0 Å². The van der Waals surface area contributed by atoms with Crippen molar-refractivity contribution in [3.8, 4) is 17.0 Å². The highest BCUT2D eigenvalue weighted by Gasteiger charge is 2.18. The first-order valence-corrected chi connectivity index (χ1v) is 6.87. The summed E-state index contributed by atoms with van der Waals surface area (Å²) in [5.74, 6) is 2.79. The highest BCUT2D eigenvalue weighted by Crippen LogP contribution is 2.30. The Balaban J connectivity index is 1.95. The number of hydrogen-bond donors (Lipinski definition) is 1. The van der Waals surface area contributed by atoms with E-state index in [0.717, 1.165) is 41.6 Å². The molecular weight excluding hydrogens is 238 g/mol. The smallest absolute Gasteiger partial charge is 0.131 e. The lowest BCUT2D eigenvalue weighted by molar-refractivity contribution is 0.340. The standard InChI is InChI=1S/C15H19N3O/c1-2-19-12-8-6-11(7-9-12)14-15(16)18-10-4-3-5-13(18)17-14/h6-9H,2-5,10,16H2,1H3. The molecule has 1 aliphatic rings. The zero-order valence-electron chi connectivity index (χ0n) is 11.2. The largest absolute Gasteiger partial charge is 0.494 e. The van der Waals surface area contributed by atoms with Crippen LogP contribution in [0.3, 0.4) is 0 Å². The van der Waals surface area contributed by atoms with Gasteiger partial charge in [0.15, 0.2) is 0 Å². The number of benzene rings is 1. The molecule has 2 aromatic rings. The van der Waals surface area contributed by atoms with Gasteiger partial charge in [0.2, 0.25) is 0 Å². The zero-order valence-corrected chi connectivity index (χ0v) is 11.2. The van der Waals surface area contributed by atoms with Gasteiger partial charge in [-0.15, -0.1) is 0 Å². The van der Waals surface area contributed by atoms with Gasteiger partial charge < -0.3 is 15.0 Å². The lowest BCUT2D eigenvalue weighted by atomic mass is 10.1. The van der Waals surface area contributed by atoms with Gasteiger partial charge in [-0.3, -0.25) is 0 Å². The van der Waals surface area contributed by atoms with E-state index < -0.39 is 0 Å². The Morgan fingerprint density at radius 3 is 2.74 bits per heavy atom. The maximum atomic E-state index is 6.22. The van der Waals surface area contributed by atoms with Crippen LogP contribution in [0, 0.1) is 0 Å². The van der Waals surface area contributed by atoms with Crippen LogP contribution < -0.4 is 10.5 Å². The van der Waals surface area contributed by atoms with Gasteiger partial charge in [-0.1, -0.05) is 0 Å². The molecule has 0 fully saturated rings. The van der Waals surface area contributed by atoms with Crippen LogP contribution in [-0.2, 0) is 13.0 Å². The number of nitrogen functional groups attached to an aromatic ring is 1. The Morgan fingerprint density at radius 1 is 1.26 bits per heavy atom. The number of aromatic nitrogens is 2. The van der Waals surface area contributed by atoms with Gasteiger partial charge in [0, 0.05) is 18.5 Å². The number of nitrogens with zero attached hydrogens (tertiary/aromatic N) is 2. The van der Waals surface area contributed by atoms with Crippen molar-refractivity contribution in [3.05, 3.63) is 30.1 Å². The molecule has 0 bridgehead atoms. The molecule has 2 N–H and O–H groups in total. The first-order chi connectivity index (χ1) is 9.29. The zero-order chi connectivity index (χ0) is 13.2. The van der Waals surface area contributed by atoms with E-state index in [9.17, 15) is 0 Å². The summed E-state index contributed by atoms with van der Waals surface area (Å²) in [5.41, 5.74) is 8.18. The fraction of sp³-hybridized carbons (Fsp3) is 0.400. The average molecular weight is 257 g/mol. The molecule has 0 radical (unpaired) electrons. The summed E-state index contributed by atoms with van der Waals surface area (Å²) < 4.78 is 7.60. The Bertz CT molecular complexity index is 572. The minimum atomic E-state index is 0.681. The van der Waals surface area contributed by atoms with Crippen molar-refractivity contribution in [1.29, 1.82) is 0 Å². The van der Waals surface area contributed by atoms with E-state index in [4.69, 9.17) is 15.5 Å². The van der Waals surface area contributed by atoms with Gasteiger partial charge in [-0.05, 0) is 44.0 Å². The number of aryl methyl sites for hydroxylation is 1. The van der Waals surface area contributed by atoms with Crippen LogP contribution in [0.1, 0.15) is 25.6 Å². The number of imidazole rings is 1. The minimum Gasteiger partial charge on any atom is -0.494 e. The number of rotatable bonds is 3. The average Bonchev–Trinajstić information content (AvgIpc) is 2.78.